The molecule has 10 rings (SSSR count). The number of allylic oxidation sites excluding steroid dienone is 1. The van der Waals surface area contributed by atoms with Crippen LogP contribution in [-0.2, 0) is 6.42 Å². The third kappa shape index (κ3) is 3.62. The maximum Gasteiger partial charge on any atom is 0.142 e. The standard InChI is InChI=1S/C44H28O/c1-2-9-32-27(7-1)8-5-12-35(32)36-24-20-31-21-25-38-33(23-19-30-22-26-39(36)43(31)42(30)38)28-15-17-29(18-16-28)34-11-6-13-40-37-10-3-4-14-41(37)45-44(34)40/h1-2,4-9,11-26H,3,10H2. The number of aryl methyl sites for hydroxylation is 1. The number of furan rings is 1. The Kier molecular flexibility index (Phi) is 5.18. The van der Waals surface area contributed by atoms with E-state index in [2.05, 4.69) is 146 Å². The minimum absolute atomic E-state index is 0.992. The molecule has 0 fully saturated rings. The van der Waals surface area contributed by atoms with Crippen molar-refractivity contribution in [3.8, 4) is 33.4 Å². The van der Waals surface area contributed by atoms with Crippen LogP contribution in [0.4, 0.5) is 0 Å². The van der Waals surface area contributed by atoms with Gasteiger partial charge in [-0.3, -0.25) is 0 Å². The van der Waals surface area contributed by atoms with E-state index in [9.17, 15) is 0 Å². The molecule has 1 aromatic heterocycles. The second-order valence-electron chi connectivity index (χ2n) is 12.3. The molecule has 0 spiro atoms. The van der Waals surface area contributed by atoms with Crippen LogP contribution in [0.3, 0.4) is 0 Å². The zero-order valence-electron chi connectivity index (χ0n) is 24.7. The molecule has 0 saturated heterocycles. The lowest BCUT2D eigenvalue weighted by atomic mass is 9.86. The summed E-state index contributed by atoms with van der Waals surface area (Å²) >= 11 is 0. The van der Waals surface area contributed by atoms with Gasteiger partial charge in [-0.1, -0.05) is 140 Å². The van der Waals surface area contributed by atoms with Gasteiger partial charge in [0.2, 0.25) is 0 Å². The number of benzene rings is 8. The highest BCUT2D eigenvalue weighted by atomic mass is 16.3. The van der Waals surface area contributed by atoms with Crippen molar-refractivity contribution < 1.29 is 4.42 Å². The highest BCUT2D eigenvalue weighted by Crippen LogP contribution is 2.44. The van der Waals surface area contributed by atoms with E-state index in [1.54, 1.807) is 0 Å². The number of hydrogen-bond acceptors (Lipinski definition) is 1. The molecule has 1 heterocycles. The van der Waals surface area contributed by atoms with E-state index in [4.69, 9.17) is 4.42 Å². The summed E-state index contributed by atoms with van der Waals surface area (Å²) in [5.74, 6) is 1.01. The van der Waals surface area contributed by atoms with Crippen molar-refractivity contribution in [2.45, 2.75) is 12.8 Å². The summed E-state index contributed by atoms with van der Waals surface area (Å²) in [5, 5.41) is 11.6. The summed E-state index contributed by atoms with van der Waals surface area (Å²) in [6, 6.07) is 49.3. The first kappa shape index (κ1) is 24.7. The van der Waals surface area contributed by atoms with Crippen LogP contribution in [0, 0.1) is 0 Å². The molecule has 0 atom stereocenters. The molecule has 210 valence electrons. The van der Waals surface area contributed by atoms with E-state index in [1.807, 2.05) is 0 Å². The molecule has 0 bridgehead atoms. The Morgan fingerprint density at radius 2 is 1.02 bits per heavy atom. The highest BCUT2D eigenvalue weighted by Gasteiger charge is 2.19. The fourth-order valence-electron chi connectivity index (χ4n) is 7.80. The Bertz CT molecular complexity index is 2630. The van der Waals surface area contributed by atoms with Crippen LogP contribution in [0.2, 0.25) is 0 Å². The number of para-hydroxylation sites is 1. The molecule has 1 heteroatoms. The van der Waals surface area contributed by atoms with Crippen molar-refractivity contribution in [2.75, 3.05) is 0 Å². The van der Waals surface area contributed by atoms with Crippen molar-refractivity contribution >= 4 is 60.1 Å². The Balaban J connectivity index is 1.13. The van der Waals surface area contributed by atoms with Crippen LogP contribution in [0.15, 0.2) is 144 Å². The second kappa shape index (κ2) is 9.42. The van der Waals surface area contributed by atoms with E-state index in [0.717, 1.165) is 29.7 Å². The summed E-state index contributed by atoms with van der Waals surface area (Å²) < 4.78 is 6.39. The predicted octanol–water partition coefficient (Wildman–Crippen LogP) is 12.4. The maximum absolute atomic E-state index is 6.39. The van der Waals surface area contributed by atoms with Gasteiger partial charge in [0, 0.05) is 16.5 Å². The minimum Gasteiger partial charge on any atom is -0.456 e. The SMILES string of the molecule is C1=Cc2oc3c(-c4ccc(-c5ccc6ccc7c(-c8cccc9ccccc89)ccc8ccc5c6c87)cc4)cccc3c2CC1. The third-order valence-corrected chi connectivity index (χ3v) is 9.93. The van der Waals surface area contributed by atoms with Gasteiger partial charge in [0.1, 0.15) is 11.3 Å². The normalized spacial score (nSPS) is 13.1. The fraction of sp³-hybridized carbons (Fsp3) is 0.0455. The Morgan fingerprint density at radius 3 is 1.84 bits per heavy atom. The van der Waals surface area contributed by atoms with Gasteiger partial charge in [0.15, 0.2) is 0 Å². The fourth-order valence-corrected chi connectivity index (χ4v) is 7.80. The first-order valence-corrected chi connectivity index (χ1v) is 15.8. The molecule has 0 amide bonds. The average molecular weight is 573 g/mol. The Morgan fingerprint density at radius 1 is 0.422 bits per heavy atom. The first-order chi connectivity index (χ1) is 22.3. The Labute approximate surface area is 261 Å². The molecule has 1 aliphatic carbocycles. The van der Waals surface area contributed by atoms with E-state index in [1.165, 1.54) is 81.9 Å². The quantitative estimate of drug-likeness (QED) is 0.192. The summed E-state index contributed by atoms with van der Waals surface area (Å²) in [6.07, 6.45) is 6.45. The molecule has 9 aromatic rings. The highest BCUT2D eigenvalue weighted by molar-refractivity contribution is 6.28. The zero-order valence-corrected chi connectivity index (χ0v) is 24.7. The van der Waals surface area contributed by atoms with Crippen molar-refractivity contribution in [2.24, 2.45) is 0 Å². The molecule has 0 N–H and O–H groups in total. The summed E-state index contributed by atoms with van der Waals surface area (Å²) in [4.78, 5) is 0. The van der Waals surface area contributed by atoms with Gasteiger partial charge in [-0.15, -0.1) is 0 Å². The third-order valence-electron chi connectivity index (χ3n) is 9.93. The molecule has 0 radical (unpaired) electrons. The topological polar surface area (TPSA) is 13.1 Å². The second-order valence-corrected chi connectivity index (χ2v) is 12.3. The van der Waals surface area contributed by atoms with Gasteiger partial charge in [0.25, 0.3) is 0 Å². The molecule has 1 aliphatic rings. The van der Waals surface area contributed by atoms with Crippen LogP contribution in [-0.4, -0.2) is 0 Å². The van der Waals surface area contributed by atoms with Crippen molar-refractivity contribution in [1.82, 2.24) is 0 Å². The molecular formula is C44H28O. The van der Waals surface area contributed by atoms with Crippen LogP contribution in [0.5, 0.6) is 0 Å². The van der Waals surface area contributed by atoms with Crippen molar-refractivity contribution in [3.05, 3.63) is 151 Å². The summed E-state index contributed by atoms with van der Waals surface area (Å²) in [6.45, 7) is 0. The number of fused-ring (bicyclic) bond motifs is 4. The first-order valence-electron chi connectivity index (χ1n) is 15.8. The van der Waals surface area contributed by atoms with E-state index >= 15 is 0 Å². The van der Waals surface area contributed by atoms with Gasteiger partial charge < -0.3 is 4.42 Å². The van der Waals surface area contributed by atoms with Crippen LogP contribution < -0.4 is 0 Å². The molecule has 0 saturated carbocycles. The predicted molar refractivity (Wildman–Crippen MR) is 191 cm³/mol. The van der Waals surface area contributed by atoms with E-state index < -0.39 is 0 Å². The average Bonchev–Trinajstić information content (AvgIpc) is 3.49. The lowest BCUT2D eigenvalue weighted by Crippen LogP contribution is -1.90. The summed E-state index contributed by atoms with van der Waals surface area (Å²) in [7, 11) is 0. The smallest absolute Gasteiger partial charge is 0.142 e. The molecule has 0 unspecified atom stereocenters. The molecule has 8 aromatic carbocycles. The van der Waals surface area contributed by atoms with Gasteiger partial charge in [-0.25, -0.2) is 0 Å². The number of rotatable bonds is 3. The lowest BCUT2D eigenvalue weighted by Gasteiger charge is -2.17. The van der Waals surface area contributed by atoms with Crippen LogP contribution >= 0.6 is 0 Å². The lowest BCUT2D eigenvalue weighted by molar-refractivity contribution is 0.596. The van der Waals surface area contributed by atoms with E-state index in [-0.39, 0.29) is 0 Å². The summed E-state index contributed by atoms with van der Waals surface area (Å²) in [5.41, 5.74) is 9.71. The molecule has 0 aliphatic heterocycles. The van der Waals surface area contributed by atoms with Crippen molar-refractivity contribution in [3.63, 3.8) is 0 Å². The van der Waals surface area contributed by atoms with E-state index in [0.29, 0.717) is 0 Å². The Hall–Kier alpha value is -5.66. The largest absolute Gasteiger partial charge is 0.456 e. The zero-order chi connectivity index (χ0) is 29.5. The van der Waals surface area contributed by atoms with Gasteiger partial charge >= 0.3 is 0 Å². The van der Waals surface area contributed by atoms with Crippen LogP contribution in [0.1, 0.15) is 17.7 Å². The molecular weight excluding hydrogens is 544 g/mol. The van der Waals surface area contributed by atoms with Gasteiger partial charge in [-0.05, 0) is 89.8 Å². The van der Waals surface area contributed by atoms with Gasteiger partial charge in [-0.2, -0.15) is 0 Å². The van der Waals surface area contributed by atoms with Crippen LogP contribution in [0.25, 0.3) is 93.5 Å². The molecule has 45 heavy (non-hydrogen) atoms. The van der Waals surface area contributed by atoms with Gasteiger partial charge in [0.05, 0.1) is 0 Å². The molecule has 1 nitrogen and oxygen atoms in total. The monoisotopic (exact) mass is 572 g/mol. The number of hydrogen-bond donors (Lipinski definition) is 0. The van der Waals surface area contributed by atoms with Crippen molar-refractivity contribution in [1.29, 1.82) is 0 Å². The minimum atomic E-state index is 0.992. The maximum atomic E-state index is 6.39.